The van der Waals surface area contributed by atoms with Crippen LogP contribution in [0.3, 0.4) is 0 Å². The topological polar surface area (TPSA) is 17.1 Å². The molecule has 1 aromatic heterocycles. The van der Waals surface area contributed by atoms with E-state index in [1.165, 1.54) is 0 Å². The molecule has 0 aliphatic heterocycles. The Balaban J connectivity index is 2.50. The Bertz CT molecular complexity index is 247. The van der Waals surface area contributed by atoms with Crippen molar-refractivity contribution in [2.45, 2.75) is 33.1 Å². The molecule has 0 fully saturated rings. The van der Waals surface area contributed by atoms with Crippen molar-refractivity contribution in [1.29, 1.82) is 0 Å². The van der Waals surface area contributed by atoms with Gasteiger partial charge in [0.2, 0.25) is 0 Å². The van der Waals surface area contributed by atoms with Crippen molar-refractivity contribution >= 4 is 17.1 Å². The van der Waals surface area contributed by atoms with Crippen molar-refractivity contribution in [2.75, 3.05) is 0 Å². The first-order valence-corrected chi connectivity index (χ1v) is 5.72. The van der Waals surface area contributed by atoms with E-state index < -0.39 is 0 Å². The maximum atomic E-state index is 11.6. The van der Waals surface area contributed by atoms with Crippen molar-refractivity contribution in [3.63, 3.8) is 0 Å². The summed E-state index contributed by atoms with van der Waals surface area (Å²) in [6.45, 7) is 4.30. The van der Waals surface area contributed by atoms with E-state index in [1.54, 1.807) is 11.3 Å². The molecule has 1 heterocycles. The van der Waals surface area contributed by atoms with Gasteiger partial charge >= 0.3 is 0 Å². The van der Waals surface area contributed by atoms with E-state index in [4.69, 9.17) is 0 Å². The van der Waals surface area contributed by atoms with Crippen LogP contribution in [0.5, 0.6) is 0 Å². The Morgan fingerprint density at radius 1 is 1.46 bits per heavy atom. The lowest BCUT2D eigenvalue weighted by Gasteiger charge is -2.09. The standard InChI is InChI=1S/C11H16OS/c1-3-9(4-2)8-10(12)11-6-5-7-13-11/h5-7,9H,3-4,8H2,1-2H3. The third-order valence-corrected chi connectivity index (χ3v) is 3.34. The Kier molecular flexibility index (Phi) is 4.16. The second-order valence-electron chi connectivity index (χ2n) is 3.29. The third kappa shape index (κ3) is 2.96. The minimum absolute atomic E-state index is 0.309. The number of hydrogen-bond donors (Lipinski definition) is 0. The minimum atomic E-state index is 0.309. The van der Waals surface area contributed by atoms with Gasteiger partial charge in [0.15, 0.2) is 5.78 Å². The summed E-state index contributed by atoms with van der Waals surface area (Å²) in [5, 5.41) is 1.96. The molecule has 1 aromatic rings. The van der Waals surface area contributed by atoms with Gasteiger partial charge in [-0.1, -0.05) is 32.8 Å². The van der Waals surface area contributed by atoms with Crippen LogP contribution < -0.4 is 0 Å². The van der Waals surface area contributed by atoms with Gasteiger partial charge in [-0.05, 0) is 17.4 Å². The van der Waals surface area contributed by atoms with Crippen LogP contribution in [0.4, 0.5) is 0 Å². The molecule has 0 saturated heterocycles. The molecule has 1 rings (SSSR count). The van der Waals surface area contributed by atoms with Crippen LogP contribution in [-0.2, 0) is 0 Å². The molecule has 0 saturated carbocycles. The summed E-state index contributed by atoms with van der Waals surface area (Å²) in [7, 11) is 0. The normalized spacial score (nSPS) is 10.7. The molecule has 0 spiro atoms. The zero-order valence-corrected chi connectivity index (χ0v) is 9.06. The number of carbonyl (C=O) groups is 1. The van der Waals surface area contributed by atoms with Crippen LogP contribution in [0.25, 0.3) is 0 Å². The molecule has 0 radical (unpaired) electrons. The summed E-state index contributed by atoms with van der Waals surface area (Å²) in [6, 6.07) is 3.85. The number of thiophene rings is 1. The smallest absolute Gasteiger partial charge is 0.173 e. The lowest BCUT2D eigenvalue weighted by Crippen LogP contribution is -2.05. The Morgan fingerprint density at radius 3 is 2.62 bits per heavy atom. The summed E-state index contributed by atoms with van der Waals surface area (Å²) < 4.78 is 0. The summed E-state index contributed by atoms with van der Waals surface area (Å²) >= 11 is 1.54. The van der Waals surface area contributed by atoms with Gasteiger partial charge in [-0.15, -0.1) is 11.3 Å². The number of ketones is 1. The zero-order chi connectivity index (χ0) is 9.68. The zero-order valence-electron chi connectivity index (χ0n) is 8.25. The van der Waals surface area contributed by atoms with Crippen LogP contribution in [0, 0.1) is 5.92 Å². The van der Waals surface area contributed by atoms with Crippen LogP contribution in [0.2, 0.25) is 0 Å². The Morgan fingerprint density at radius 2 is 2.15 bits per heavy atom. The van der Waals surface area contributed by atoms with Crippen molar-refractivity contribution in [3.05, 3.63) is 22.4 Å². The van der Waals surface area contributed by atoms with E-state index in [9.17, 15) is 4.79 Å². The monoisotopic (exact) mass is 196 g/mol. The van der Waals surface area contributed by atoms with Gasteiger partial charge in [-0.25, -0.2) is 0 Å². The molecule has 0 aliphatic carbocycles. The highest BCUT2D eigenvalue weighted by molar-refractivity contribution is 7.12. The lowest BCUT2D eigenvalue weighted by molar-refractivity contribution is 0.0962. The molecule has 0 bridgehead atoms. The second-order valence-corrected chi connectivity index (χ2v) is 4.23. The fourth-order valence-corrected chi connectivity index (χ4v) is 2.05. The van der Waals surface area contributed by atoms with Crippen LogP contribution in [-0.4, -0.2) is 5.78 Å². The molecule has 72 valence electrons. The molecule has 0 aromatic carbocycles. The predicted octanol–water partition coefficient (Wildman–Crippen LogP) is 3.76. The van der Waals surface area contributed by atoms with Crippen molar-refractivity contribution in [3.8, 4) is 0 Å². The van der Waals surface area contributed by atoms with E-state index in [-0.39, 0.29) is 0 Å². The molecular weight excluding hydrogens is 180 g/mol. The SMILES string of the molecule is CCC(CC)CC(=O)c1cccs1. The van der Waals surface area contributed by atoms with E-state index in [1.807, 2.05) is 17.5 Å². The van der Waals surface area contributed by atoms with E-state index in [0.29, 0.717) is 18.1 Å². The first kappa shape index (κ1) is 10.5. The number of Topliss-reactive ketones (excluding diaryl/α,β-unsaturated/α-hetero) is 1. The van der Waals surface area contributed by atoms with Crippen LogP contribution in [0.15, 0.2) is 17.5 Å². The van der Waals surface area contributed by atoms with Gasteiger partial charge in [0, 0.05) is 6.42 Å². The second kappa shape index (κ2) is 5.18. The lowest BCUT2D eigenvalue weighted by atomic mass is 9.96. The average molecular weight is 196 g/mol. The van der Waals surface area contributed by atoms with Crippen molar-refractivity contribution < 1.29 is 4.79 Å². The molecule has 13 heavy (non-hydrogen) atoms. The molecule has 0 unspecified atom stereocenters. The Hall–Kier alpha value is -0.630. The molecule has 1 nitrogen and oxygen atoms in total. The highest BCUT2D eigenvalue weighted by Crippen LogP contribution is 2.18. The fourth-order valence-electron chi connectivity index (χ4n) is 1.38. The summed E-state index contributed by atoms with van der Waals surface area (Å²) in [6.07, 6.45) is 2.93. The first-order chi connectivity index (χ1) is 6.27. The van der Waals surface area contributed by atoms with Gasteiger partial charge in [0.25, 0.3) is 0 Å². The third-order valence-electron chi connectivity index (χ3n) is 2.42. The first-order valence-electron chi connectivity index (χ1n) is 4.84. The molecule has 0 amide bonds. The van der Waals surface area contributed by atoms with Gasteiger partial charge in [-0.2, -0.15) is 0 Å². The van der Waals surface area contributed by atoms with Crippen molar-refractivity contribution in [1.82, 2.24) is 0 Å². The number of hydrogen-bond acceptors (Lipinski definition) is 2. The average Bonchev–Trinajstić information content (AvgIpc) is 2.66. The van der Waals surface area contributed by atoms with Crippen LogP contribution in [0.1, 0.15) is 42.8 Å². The largest absolute Gasteiger partial charge is 0.293 e. The Labute approximate surface area is 83.8 Å². The van der Waals surface area contributed by atoms with Gasteiger partial charge in [0.1, 0.15) is 0 Å². The molecular formula is C11H16OS. The molecule has 0 N–H and O–H groups in total. The molecule has 0 atom stereocenters. The summed E-state index contributed by atoms with van der Waals surface area (Å²) in [5.74, 6) is 0.873. The van der Waals surface area contributed by atoms with E-state index in [2.05, 4.69) is 13.8 Å². The maximum absolute atomic E-state index is 11.6. The van der Waals surface area contributed by atoms with E-state index >= 15 is 0 Å². The highest BCUT2D eigenvalue weighted by atomic mass is 32.1. The van der Waals surface area contributed by atoms with Crippen LogP contribution >= 0.6 is 11.3 Å². The fraction of sp³-hybridized carbons (Fsp3) is 0.545. The van der Waals surface area contributed by atoms with Crippen molar-refractivity contribution in [2.24, 2.45) is 5.92 Å². The molecule has 2 heteroatoms. The number of rotatable bonds is 5. The number of carbonyl (C=O) groups excluding carboxylic acids is 1. The maximum Gasteiger partial charge on any atom is 0.173 e. The van der Waals surface area contributed by atoms with Gasteiger partial charge in [0.05, 0.1) is 4.88 Å². The predicted molar refractivity (Wildman–Crippen MR) is 57.3 cm³/mol. The van der Waals surface area contributed by atoms with Gasteiger partial charge < -0.3 is 0 Å². The highest BCUT2D eigenvalue weighted by Gasteiger charge is 2.12. The minimum Gasteiger partial charge on any atom is -0.293 e. The quantitative estimate of drug-likeness (QED) is 0.655. The molecule has 0 aliphatic rings. The summed E-state index contributed by atoms with van der Waals surface area (Å²) in [4.78, 5) is 12.6. The summed E-state index contributed by atoms with van der Waals surface area (Å²) in [5.41, 5.74) is 0. The van der Waals surface area contributed by atoms with Gasteiger partial charge in [-0.3, -0.25) is 4.79 Å². The van der Waals surface area contributed by atoms with E-state index in [0.717, 1.165) is 17.7 Å².